The molecular formula is C17H27NO2S. The van der Waals surface area contributed by atoms with Gasteiger partial charge in [0.1, 0.15) is 5.54 Å². The van der Waals surface area contributed by atoms with Crippen molar-refractivity contribution < 1.29 is 9.53 Å². The molecule has 0 aliphatic carbocycles. The van der Waals surface area contributed by atoms with Crippen LogP contribution in [0, 0.1) is 13.8 Å². The van der Waals surface area contributed by atoms with Crippen molar-refractivity contribution in [3.63, 3.8) is 0 Å². The molecule has 1 aromatic carbocycles. The zero-order chi connectivity index (χ0) is 15.9. The van der Waals surface area contributed by atoms with Crippen molar-refractivity contribution in [3.05, 3.63) is 29.3 Å². The third-order valence-electron chi connectivity index (χ3n) is 3.50. The first kappa shape index (κ1) is 18.1. The third kappa shape index (κ3) is 5.36. The predicted molar refractivity (Wildman–Crippen MR) is 90.0 cm³/mol. The Kier molecular flexibility index (Phi) is 7.26. The van der Waals surface area contributed by atoms with Crippen LogP contribution >= 0.6 is 11.8 Å². The van der Waals surface area contributed by atoms with Gasteiger partial charge in [-0.3, -0.25) is 4.79 Å². The topological polar surface area (TPSA) is 38.3 Å². The summed E-state index contributed by atoms with van der Waals surface area (Å²) in [5.74, 6) is 0.490. The molecule has 1 aromatic rings. The molecule has 0 aliphatic heterocycles. The van der Waals surface area contributed by atoms with Crippen molar-refractivity contribution in [2.75, 3.05) is 18.9 Å². The number of nitrogens with one attached hydrogen (secondary N) is 1. The maximum absolute atomic E-state index is 12.2. The van der Waals surface area contributed by atoms with Crippen LogP contribution in [0.5, 0.6) is 0 Å². The van der Waals surface area contributed by atoms with Crippen molar-refractivity contribution >= 4 is 17.7 Å². The first-order chi connectivity index (χ1) is 9.92. The van der Waals surface area contributed by atoms with Crippen LogP contribution in [0.3, 0.4) is 0 Å². The second kappa shape index (κ2) is 8.44. The number of benzene rings is 1. The van der Waals surface area contributed by atoms with Gasteiger partial charge >= 0.3 is 5.97 Å². The average Bonchev–Trinajstić information content (AvgIpc) is 2.46. The monoisotopic (exact) mass is 309 g/mol. The van der Waals surface area contributed by atoms with Gasteiger partial charge in [-0.2, -0.15) is 0 Å². The van der Waals surface area contributed by atoms with Crippen LogP contribution in [0.15, 0.2) is 23.1 Å². The molecule has 0 amide bonds. The number of rotatable bonds is 8. The Labute approximate surface area is 132 Å². The molecule has 1 N–H and O–H groups in total. The van der Waals surface area contributed by atoms with E-state index in [0.717, 1.165) is 13.0 Å². The van der Waals surface area contributed by atoms with E-state index in [0.29, 0.717) is 12.4 Å². The van der Waals surface area contributed by atoms with Gasteiger partial charge in [0.2, 0.25) is 0 Å². The first-order valence-electron chi connectivity index (χ1n) is 7.55. The number of ether oxygens (including phenoxy) is 1. The number of hydrogen-bond acceptors (Lipinski definition) is 4. The molecule has 0 saturated heterocycles. The smallest absolute Gasteiger partial charge is 0.326 e. The van der Waals surface area contributed by atoms with Crippen LogP contribution in [0.1, 0.15) is 38.3 Å². The molecule has 0 aromatic heterocycles. The van der Waals surface area contributed by atoms with E-state index >= 15 is 0 Å². The van der Waals surface area contributed by atoms with Gasteiger partial charge < -0.3 is 10.1 Å². The SMILES string of the molecule is CCCNC(C)(CSc1ccc(C)c(C)c1)C(=O)OCC. The number of esters is 1. The lowest BCUT2D eigenvalue weighted by atomic mass is 10.1. The van der Waals surface area contributed by atoms with Crippen molar-refractivity contribution in [2.45, 2.75) is 51.5 Å². The molecule has 0 bridgehead atoms. The lowest BCUT2D eigenvalue weighted by Crippen LogP contribution is -2.52. The number of aryl methyl sites for hydroxylation is 2. The second-order valence-electron chi connectivity index (χ2n) is 5.51. The molecule has 1 rings (SSSR count). The minimum absolute atomic E-state index is 0.171. The lowest BCUT2D eigenvalue weighted by Gasteiger charge is -2.28. The Morgan fingerprint density at radius 1 is 1.29 bits per heavy atom. The summed E-state index contributed by atoms with van der Waals surface area (Å²) in [7, 11) is 0. The van der Waals surface area contributed by atoms with Crippen LogP contribution in [0.2, 0.25) is 0 Å². The van der Waals surface area contributed by atoms with Crippen molar-refractivity contribution in [1.82, 2.24) is 5.32 Å². The van der Waals surface area contributed by atoms with Crippen LogP contribution in [0.25, 0.3) is 0 Å². The zero-order valence-corrected chi connectivity index (χ0v) is 14.6. The summed E-state index contributed by atoms with van der Waals surface area (Å²) in [6.45, 7) is 11.3. The Balaban J connectivity index is 2.76. The predicted octanol–water partition coefficient (Wildman–Crippen LogP) is 3.72. The molecule has 1 atom stereocenters. The van der Waals surface area contributed by atoms with Gasteiger partial charge in [0, 0.05) is 10.6 Å². The number of thioether (sulfide) groups is 1. The summed E-state index contributed by atoms with van der Waals surface area (Å²) in [4.78, 5) is 13.4. The summed E-state index contributed by atoms with van der Waals surface area (Å²) >= 11 is 1.69. The Bertz CT molecular complexity index is 476. The second-order valence-corrected chi connectivity index (χ2v) is 6.56. The maximum atomic E-state index is 12.2. The van der Waals surface area contributed by atoms with E-state index in [1.165, 1.54) is 16.0 Å². The molecule has 0 heterocycles. The third-order valence-corrected chi connectivity index (χ3v) is 4.81. The molecule has 118 valence electrons. The van der Waals surface area contributed by atoms with Crippen LogP contribution in [-0.4, -0.2) is 30.4 Å². The van der Waals surface area contributed by atoms with Gasteiger partial charge in [-0.05, 0) is 63.9 Å². The fraction of sp³-hybridized carbons (Fsp3) is 0.588. The molecule has 0 spiro atoms. The Morgan fingerprint density at radius 3 is 2.57 bits per heavy atom. The van der Waals surface area contributed by atoms with E-state index in [1.807, 2.05) is 13.8 Å². The molecule has 21 heavy (non-hydrogen) atoms. The number of hydrogen-bond donors (Lipinski definition) is 1. The maximum Gasteiger partial charge on any atom is 0.326 e. The highest BCUT2D eigenvalue weighted by atomic mass is 32.2. The summed E-state index contributed by atoms with van der Waals surface area (Å²) in [5.41, 5.74) is 1.92. The molecule has 0 radical (unpaired) electrons. The number of carbonyl (C=O) groups is 1. The Hall–Kier alpha value is -1.00. The largest absolute Gasteiger partial charge is 0.465 e. The van der Waals surface area contributed by atoms with Crippen molar-refractivity contribution in [1.29, 1.82) is 0 Å². The van der Waals surface area contributed by atoms with Gasteiger partial charge in [0.05, 0.1) is 6.61 Å². The summed E-state index contributed by atoms with van der Waals surface area (Å²) < 4.78 is 5.22. The van der Waals surface area contributed by atoms with Gasteiger partial charge in [-0.15, -0.1) is 11.8 Å². The lowest BCUT2D eigenvalue weighted by molar-refractivity contribution is -0.149. The molecule has 4 heteroatoms. The van der Waals surface area contributed by atoms with E-state index in [2.05, 4.69) is 44.3 Å². The van der Waals surface area contributed by atoms with Crippen LogP contribution in [0.4, 0.5) is 0 Å². The van der Waals surface area contributed by atoms with Crippen molar-refractivity contribution in [2.24, 2.45) is 0 Å². The molecule has 1 unspecified atom stereocenters. The van der Waals surface area contributed by atoms with E-state index in [4.69, 9.17) is 4.74 Å². The highest BCUT2D eigenvalue weighted by Crippen LogP contribution is 2.25. The molecule has 0 aliphatic rings. The molecule has 0 saturated carbocycles. The highest BCUT2D eigenvalue weighted by Gasteiger charge is 2.34. The van der Waals surface area contributed by atoms with Crippen LogP contribution < -0.4 is 5.32 Å². The summed E-state index contributed by atoms with van der Waals surface area (Å²) in [6.07, 6.45) is 0.989. The quantitative estimate of drug-likeness (QED) is 0.587. The van der Waals surface area contributed by atoms with Gasteiger partial charge in [-0.1, -0.05) is 13.0 Å². The van der Waals surface area contributed by atoms with Gasteiger partial charge in [-0.25, -0.2) is 0 Å². The average molecular weight is 309 g/mol. The Morgan fingerprint density at radius 2 is 2.00 bits per heavy atom. The number of carbonyl (C=O) groups excluding carboxylic acids is 1. The zero-order valence-electron chi connectivity index (χ0n) is 13.8. The summed E-state index contributed by atoms with van der Waals surface area (Å²) in [5, 5.41) is 3.33. The normalized spacial score (nSPS) is 13.8. The fourth-order valence-corrected chi connectivity index (χ4v) is 3.00. The fourth-order valence-electron chi connectivity index (χ4n) is 1.90. The summed E-state index contributed by atoms with van der Waals surface area (Å²) in [6, 6.07) is 6.41. The van der Waals surface area contributed by atoms with Gasteiger partial charge in [0.15, 0.2) is 0 Å². The minimum atomic E-state index is -0.643. The van der Waals surface area contributed by atoms with Crippen molar-refractivity contribution in [3.8, 4) is 0 Å². The van der Waals surface area contributed by atoms with E-state index in [1.54, 1.807) is 11.8 Å². The van der Waals surface area contributed by atoms with E-state index in [9.17, 15) is 4.79 Å². The van der Waals surface area contributed by atoms with Gasteiger partial charge in [0.25, 0.3) is 0 Å². The molecule has 3 nitrogen and oxygen atoms in total. The molecular weight excluding hydrogens is 282 g/mol. The standard InChI is InChI=1S/C17H27NO2S/c1-6-10-18-17(5,16(19)20-7-2)12-21-15-9-8-13(3)14(4)11-15/h8-9,11,18H,6-7,10,12H2,1-5H3. The first-order valence-corrected chi connectivity index (χ1v) is 8.53. The highest BCUT2D eigenvalue weighted by molar-refractivity contribution is 7.99. The minimum Gasteiger partial charge on any atom is -0.465 e. The molecule has 0 fully saturated rings. The van der Waals surface area contributed by atoms with E-state index in [-0.39, 0.29) is 5.97 Å². The van der Waals surface area contributed by atoms with Crippen LogP contribution in [-0.2, 0) is 9.53 Å². The van der Waals surface area contributed by atoms with E-state index < -0.39 is 5.54 Å².